The van der Waals surface area contributed by atoms with E-state index in [1.165, 1.54) is 25.7 Å². The molecule has 1 amide bonds. The van der Waals surface area contributed by atoms with Crippen LogP contribution in [0.5, 0.6) is 5.75 Å². The molecule has 3 atom stereocenters. The van der Waals surface area contributed by atoms with Gasteiger partial charge in [-0.3, -0.25) is 4.79 Å². The molecule has 4 nitrogen and oxygen atoms in total. The zero-order valence-electron chi connectivity index (χ0n) is 13.9. The highest BCUT2D eigenvalue weighted by Gasteiger charge is 2.23. The van der Waals surface area contributed by atoms with Crippen LogP contribution in [0.3, 0.4) is 0 Å². The number of benzene rings is 1. The number of anilines is 1. The molecular formula is C18H28N2O2. The molecule has 22 heavy (non-hydrogen) atoms. The van der Waals surface area contributed by atoms with Crippen LogP contribution in [0.4, 0.5) is 5.69 Å². The Bertz CT molecular complexity index is 490. The van der Waals surface area contributed by atoms with Crippen LogP contribution in [0.1, 0.15) is 46.0 Å². The third-order valence-electron chi connectivity index (χ3n) is 4.48. The summed E-state index contributed by atoms with van der Waals surface area (Å²) in [6, 6.07) is 8.22. The molecular weight excluding hydrogens is 276 g/mol. The zero-order valence-corrected chi connectivity index (χ0v) is 13.9. The molecule has 0 bridgehead atoms. The van der Waals surface area contributed by atoms with Crippen molar-refractivity contribution in [3.05, 3.63) is 24.3 Å². The second kappa shape index (κ2) is 8.18. The van der Waals surface area contributed by atoms with E-state index in [1.54, 1.807) is 7.11 Å². The maximum atomic E-state index is 12.2. The predicted octanol–water partition coefficient (Wildman–Crippen LogP) is 3.58. The lowest BCUT2D eigenvalue weighted by molar-refractivity contribution is -0.116. The Kier molecular flexibility index (Phi) is 6.25. The van der Waals surface area contributed by atoms with Crippen molar-refractivity contribution in [1.29, 1.82) is 0 Å². The molecule has 3 unspecified atom stereocenters. The maximum absolute atomic E-state index is 12.2. The third-order valence-corrected chi connectivity index (χ3v) is 4.48. The number of hydrogen-bond acceptors (Lipinski definition) is 3. The number of carbonyl (C=O) groups is 1. The van der Waals surface area contributed by atoms with E-state index in [2.05, 4.69) is 24.5 Å². The van der Waals surface area contributed by atoms with Gasteiger partial charge in [-0.2, -0.15) is 0 Å². The molecule has 0 aromatic heterocycles. The average molecular weight is 304 g/mol. The minimum atomic E-state index is 0.0213. The molecule has 0 heterocycles. The van der Waals surface area contributed by atoms with Crippen molar-refractivity contribution in [3.63, 3.8) is 0 Å². The minimum Gasteiger partial charge on any atom is -0.495 e. The summed E-state index contributed by atoms with van der Waals surface area (Å²) < 4.78 is 5.26. The van der Waals surface area contributed by atoms with Gasteiger partial charge in [0, 0.05) is 18.5 Å². The van der Waals surface area contributed by atoms with Crippen LogP contribution in [-0.2, 0) is 4.79 Å². The van der Waals surface area contributed by atoms with Crippen LogP contribution >= 0.6 is 0 Å². The Hall–Kier alpha value is -1.55. The first kappa shape index (κ1) is 16.8. The van der Waals surface area contributed by atoms with E-state index in [0.717, 1.165) is 5.69 Å². The van der Waals surface area contributed by atoms with E-state index in [9.17, 15) is 4.79 Å². The van der Waals surface area contributed by atoms with Crippen molar-refractivity contribution in [2.75, 3.05) is 12.4 Å². The lowest BCUT2D eigenvalue weighted by atomic mass is 9.85. The largest absolute Gasteiger partial charge is 0.495 e. The molecule has 1 fully saturated rings. The lowest BCUT2D eigenvalue weighted by Crippen LogP contribution is -2.43. The average Bonchev–Trinajstić information content (AvgIpc) is 2.50. The van der Waals surface area contributed by atoms with Gasteiger partial charge < -0.3 is 15.4 Å². The summed E-state index contributed by atoms with van der Waals surface area (Å²) in [5, 5.41) is 6.56. The van der Waals surface area contributed by atoms with Crippen LogP contribution in [0.15, 0.2) is 24.3 Å². The van der Waals surface area contributed by atoms with Crippen molar-refractivity contribution >= 4 is 11.6 Å². The molecule has 1 saturated carbocycles. The summed E-state index contributed by atoms with van der Waals surface area (Å²) >= 11 is 0. The number of ether oxygens (including phenoxy) is 1. The molecule has 0 aliphatic heterocycles. The van der Waals surface area contributed by atoms with Crippen molar-refractivity contribution in [3.8, 4) is 5.75 Å². The molecule has 0 saturated heterocycles. The first-order valence-corrected chi connectivity index (χ1v) is 8.29. The summed E-state index contributed by atoms with van der Waals surface area (Å²) in [5.41, 5.74) is 0.730. The number of amides is 1. The number of methoxy groups -OCH3 is 1. The van der Waals surface area contributed by atoms with Gasteiger partial charge in [-0.05, 0) is 37.8 Å². The fraction of sp³-hybridized carbons (Fsp3) is 0.611. The molecule has 1 aliphatic rings. The summed E-state index contributed by atoms with van der Waals surface area (Å²) in [7, 11) is 1.61. The highest BCUT2D eigenvalue weighted by molar-refractivity contribution is 5.92. The van der Waals surface area contributed by atoms with Crippen molar-refractivity contribution < 1.29 is 9.53 Å². The van der Waals surface area contributed by atoms with Gasteiger partial charge in [0.05, 0.1) is 12.8 Å². The molecule has 1 aliphatic carbocycles. The van der Waals surface area contributed by atoms with E-state index in [4.69, 9.17) is 4.74 Å². The van der Waals surface area contributed by atoms with Crippen molar-refractivity contribution in [2.45, 2.75) is 58.0 Å². The number of hydrogen-bond donors (Lipinski definition) is 2. The highest BCUT2D eigenvalue weighted by atomic mass is 16.5. The molecule has 122 valence electrons. The molecule has 2 rings (SSSR count). The van der Waals surface area contributed by atoms with Crippen molar-refractivity contribution in [2.24, 2.45) is 5.92 Å². The second-order valence-electron chi connectivity index (χ2n) is 6.39. The fourth-order valence-electron chi connectivity index (χ4n) is 3.22. The van der Waals surface area contributed by atoms with Gasteiger partial charge in [0.2, 0.25) is 5.91 Å². The van der Waals surface area contributed by atoms with Crippen molar-refractivity contribution in [1.82, 2.24) is 5.32 Å². The fourth-order valence-corrected chi connectivity index (χ4v) is 3.22. The minimum absolute atomic E-state index is 0.0213. The van der Waals surface area contributed by atoms with Gasteiger partial charge in [0.25, 0.3) is 0 Å². The lowest BCUT2D eigenvalue weighted by Gasteiger charge is -2.32. The van der Waals surface area contributed by atoms with Gasteiger partial charge in [0.15, 0.2) is 0 Å². The standard InChI is InChI=1S/C18H28N2O2/c1-13-8-4-5-9-15(13)19-14(2)12-18(21)20-16-10-6-7-11-17(16)22-3/h6-7,10-11,13-15,19H,4-5,8-9,12H2,1-3H3,(H,20,21). The Morgan fingerprint density at radius 2 is 2.05 bits per heavy atom. The molecule has 1 aromatic rings. The normalized spacial score (nSPS) is 22.9. The van der Waals surface area contributed by atoms with E-state index in [-0.39, 0.29) is 11.9 Å². The second-order valence-corrected chi connectivity index (χ2v) is 6.39. The monoisotopic (exact) mass is 304 g/mol. The summed E-state index contributed by atoms with van der Waals surface area (Å²) in [6.45, 7) is 4.39. The first-order valence-electron chi connectivity index (χ1n) is 8.29. The number of carbonyl (C=O) groups excluding carboxylic acids is 1. The van der Waals surface area contributed by atoms with Crippen LogP contribution in [-0.4, -0.2) is 25.1 Å². The van der Waals surface area contributed by atoms with Crippen LogP contribution in [0, 0.1) is 5.92 Å². The van der Waals surface area contributed by atoms with Crippen LogP contribution in [0.25, 0.3) is 0 Å². The smallest absolute Gasteiger partial charge is 0.226 e. The number of rotatable bonds is 6. The maximum Gasteiger partial charge on any atom is 0.226 e. The molecule has 1 aromatic carbocycles. The first-order chi connectivity index (χ1) is 10.6. The molecule has 0 radical (unpaired) electrons. The summed E-state index contributed by atoms with van der Waals surface area (Å²) in [4.78, 5) is 12.2. The van der Waals surface area contributed by atoms with Gasteiger partial charge in [0.1, 0.15) is 5.75 Å². The SMILES string of the molecule is COc1ccccc1NC(=O)CC(C)NC1CCCCC1C. The quantitative estimate of drug-likeness (QED) is 0.844. The predicted molar refractivity (Wildman–Crippen MR) is 90.3 cm³/mol. The Morgan fingerprint density at radius 1 is 1.32 bits per heavy atom. The van der Waals surface area contributed by atoms with Crippen LogP contribution in [0.2, 0.25) is 0 Å². The van der Waals surface area contributed by atoms with Gasteiger partial charge in [-0.15, -0.1) is 0 Å². The molecule has 2 N–H and O–H groups in total. The molecule has 0 spiro atoms. The topological polar surface area (TPSA) is 50.4 Å². The van der Waals surface area contributed by atoms with Gasteiger partial charge in [-0.1, -0.05) is 31.9 Å². The Morgan fingerprint density at radius 3 is 2.77 bits per heavy atom. The van der Waals surface area contributed by atoms with Crippen LogP contribution < -0.4 is 15.4 Å². The Labute approximate surface area is 133 Å². The van der Waals surface area contributed by atoms with E-state index in [0.29, 0.717) is 24.1 Å². The van der Waals surface area contributed by atoms with Gasteiger partial charge in [-0.25, -0.2) is 0 Å². The Balaban J connectivity index is 1.83. The number of nitrogens with one attached hydrogen (secondary N) is 2. The molecule has 4 heteroatoms. The third kappa shape index (κ3) is 4.73. The summed E-state index contributed by atoms with van der Waals surface area (Å²) in [6.07, 6.45) is 5.61. The highest BCUT2D eigenvalue weighted by Crippen LogP contribution is 2.25. The van der Waals surface area contributed by atoms with Gasteiger partial charge >= 0.3 is 0 Å². The zero-order chi connectivity index (χ0) is 15.9. The van der Waals surface area contributed by atoms with E-state index >= 15 is 0 Å². The van der Waals surface area contributed by atoms with E-state index in [1.807, 2.05) is 24.3 Å². The number of para-hydroxylation sites is 2. The summed E-state index contributed by atoms with van der Waals surface area (Å²) in [5.74, 6) is 1.42. The van der Waals surface area contributed by atoms with E-state index < -0.39 is 0 Å².